The maximum absolute atomic E-state index is 13.3. The van der Waals surface area contributed by atoms with E-state index in [9.17, 15) is 24.2 Å². The maximum Gasteiger partial charge on any atom is 0.273 e. The van der Waals surface area contributed by atoms with Crippen molar-refractivity contribution in [2.24, 2.45) is 0 Å². The maximum atomic E-state index is 13.3. The number of aliphatic hydroxyl groups excluding tert-OH is 1. The number of fused-ring (bicyclic) bond motifs is 1. The van der Waals surface area contributed by atoms with E-state index in [0.717, 1.165) is 5.56 Å². The fourth-order valence-electron chi connectivity index (χ4n) is 3.85. The molecule has 0 spiro atoms. The average Bonchev–Trinajstić information content (AvgIpc) is 2.95. The van der Waals surface area contributed by atoms with Gasteiger partial charge in [0, 0.05) is 18.1 Å². The number of aromatic hydroxyl groups is 1. The number of carbonyl (C=O) groups excluding carboxylic acids is 2. The zero-order valence-electron chi connectivity index (χ0n) is 21.4. The van der Waals surface area contributed by atoms with Crippen LogP contribution in [-0.4, -0.2) is 57.8 Å². The fourth-order valence-corrected chi connectivity index (χ4v) is 3.85. The molecule has 9 nitrogen and oxygen atoms in total. The lowest BCUT2D eigenvalue weighted by Crippen LogP contribution is -2.33. The Morgan fingerprint density at radius 2 is 1.72 bits per heavy atom. The van der Waals surface area contributed by atoms with Gasteiger partial charge in [-0.05, 0) is 54.3 Å². The van der Waals surface area contributed by atoms with Crippen LogP contribution in [0.1, 0.15) is 45.4 Å². The van der Waals surface area contributed by atoms with Gasteiger partial charge in [-0.15, -0.1) is 0 Å². The molecule has 2 aromatic carbocycles. The van der Waals surface area contributed by atoms with Crippen molar-refractivity contribution in [3.05, 3.63) is 95.2 Å². The molecule has 0 aliphatic rings. The first-order valence-corrected chi connectivity index (χ1v) is 12.5. The number of halogens is 1. The first-order chi connectivity index (χ1) is 18.9. The van der Waals surface area contributed by atoms with Crippen LogP contribution in [0.5, 0.6) is 11.5 Å². The third kappa shape index (κ3) is 7.05. The molecule has 202 valence electrons. The number of nitrogens with zero attached hydrogens (tertiary/aromatic N) is 2. The molecule has 0 aliphatic heterocycles. The summed E-state index contributed by atoms with van der Waals surface area (Å²) in [4.78, 5) is 34.6. The van der Waals surface area contributed by atoms with E-state index in [1.54, 1.807) is 37.3 Å². The summed E-state index contributed by atoms with van der Waals surface area (Å²) in [5, 5.41) is 26.2. The number of aliphatic hydroxyl groups is 1. The molecule has 0 bridgehead atoms. The standard InChI is InChI=1S/C29H29FN4O5/c1-2-21(35)17-33-29(38)26-27(36)24-23(15-19(16-32-24)14-18-8-10-20(30)11-9-18)25(34-26)28(37)31-12-13-39-22-6-4-3-5-7-22/h3-11,15-16,21,35-36H,2,12-14,17H2,1H3,(H,31,37)(H,33,38). The Labute approximate surface area is 224 Å². The van der Waals surface area contributed by atoms with E-state index < -0.39 is 23.7 Å². The predicted molar refractivity (Wildman–Crippen MR) is 143 cm³/mol. The highest BCUT2D eigenvalue weighted by molar-refractivity contribution is 6.09. The van der Waals surface area contributed by atoms with Crippen molar-refractivity contribution < 1.29 is 28.9 Å². The second kappa shape index (κ2) is 12.8. The Bertz CT molecular complexity index is 1450. The van der Waals surface area contributed by atoms with Crippen LogP contribution in [0, 0.1) is 5.82 Å². The number of nitrogens with one attached hydrogen (secondary N) is 2. The zero-order chi connectivity index (χ0) is 27.8. The number of pyridine rings is 2. The Hall–Kier alpha value is -4.57. The molecule has 2 aromatic heterocycles. The van der Waals surface area contributed by atoms with E-state index in [4.69, 9.17) is 4.74 Å². The van der Waals surface area contributed by atoms with Crippen molar-refractivity contribution in [2.45, 2.75) is 25.9 Å². The second-order valence-corrected chi connectivity index (χ2v) is 8.89. The smallest absolute Gasteiger partial charge is 0.273 e. The number of carbonyl (C=O) groups is 2. The third-order valence-electron chi connectivity index (χ3n) is 5.99. The van der Waals surface area contributed by atoms with E-state index in [2.05, 4.69) is 20.6 Å². The van der Waals surface area contributed by atoms with Gasteiger partial charge in [-0.3, -0.25) is 14.6 Å². The molecule has 4 N–H and O–H groups in total. The van der Waals surface area contributed by atoms with Crippen LogP contribution < -0.4 is 15.4 Å². The van der Waals surface area contributed by atoms with Crippen molar-refractivity contribution in [3.63, 3.8) is 0 Å². The lowest BCUT2D eigenvalue weighted by atomic mass is 10.0. The van der Waals surface area contributed by atoms with Gasteiger partial charge in [-0.2, -0.15) is 0 Å². The lowest BCUT2D eigenvalue weighted by molar-refractivity contribution is 0.0905. The number of rotatable bonds is 11. The molecule has 0 saturated heterocycles. The van der Waals surface area contributed by atoms with Gasteiger partial charge in [-0.25, -0.2) is 9.37 Å². The third-order valence-corrected chi connectivity index (χ3v) is 5.99. The van der Waals surface area contributed by atoms with Crippen LogP contribution in [0.3, 0.4) is 0 Å². The number of ether oxygens (including phenoxy) is 1. The van der Waals surface area contributed by atoms with Crippen LogP contribution in [-0.2, 0) is 6.42 Å². The zero-order valence-corrected chi connectivity index (χ0v) is 21.4. The summed E-state index contributed by atoms with van der Waals surface area (Å²) in [6.07, 6.45) is 1.57. The van der Waals surface area contributed by atoms with Crippen LogP contribution >= 0.6 is 0 Å². The largest absolute Gasteiger partial charge is 0.504 e. The summed E-state index contributed by atoms with van der Waals surface area (Å²) >= 11 is 0. The Kier molecular flexibility index (Phi) is 9.01. The Balaban J connectivity index is 1.62. The number of hydrogen-bond donors (Lipinski definition) is 4. The molecule has 39 heavy (non-hydrogen) atoms. The van der Waals surface area contributed by atoms with Gasteiger partial charge in [0.05, 0.1) is 12.6 Å². The van der Waals surface area contributed by atoms with Crippen LogP contribution in [0.25, 0.3) is 10.9 Å². The van der Waals surface area contributed by atoms with Gasteiger partial charge in [0.1, 0.15) is 29.4 Å². The van der Waals surface area contributed by atoms with Gasteiger partial charge in [-0.1, -0.05) is 37.3 Å². The average molecular weight is 533 g/mol. The first-order valence-electron chi connectivity index (χ1n) is 12.5. The van der Waals surface area contributed by atoms with Crippen molar-refractivity contribution in [2.75, 3.05) is 19.7 Å². The summed E-state index contributed by atoms with van der Waals surface area (Å²) in [5.74, 6) is -1.51. The monoisotopic (exact) mass is 532 g/mol. The summed E-state index contributed by atoms with van der Waals surface area (Å²) < 4.78 is 18.9. The molecule has 1 atom stereocenters. The van der Waals surface area contributed by atoms with Crippen LogP contribution in [0.4, 0.5) is 4.39 Å². The molecule has 2 amide bonds. The van der Waals surface area contributed by atoms with E-state index in [1.165, 1.54) is 18.3 Å². The molecule has 2 heterocycles. The predicted octanol–water partition coefficient (Wildman–Crippen LogP) is 3.37. The van der Waals surface area contributed by atoms with Gasteiger partial charge in [0.15, 0.2) is 11.4 Å². The summed E-state index contributed by atoms with van der Waals surface area (Å²) in [7, 11) is 0. The number of aromatic nitrogens is 2. The molecule has 10 heteroatoms. The van der Waals surface area contributed by atoms with E-state index in [1.807, 2.05) is 18.2 Å². The van der Waals surface area contributed by atoms with E-state index >= 15 is 0 Å². The first kappa shape index (κ1) is 27.5. The summed E-state index contributed by atoms with van der Waals surface area (Å²) in [5.41, 5.74) is 1.07. The quantitative estimate of drug-likeness (QED) is 0.218. The van der Waals surface area contributed by atoms with E-state index in [0.29, 0.717) is 24.2 Å². The molecule has 4 aromatic rings. The van der Waals surface area contributed by atoms with Gasteiger partial charge < -0.3 is 25.6 Å². The fraction of sp³-hybridized carbons (Fsp3) is 0.241. The van der Waals surface area contributed by atoms with E-state index in [-0.39, 0.29) is 47.8 Å². The minimum atomic E-state index is -0.768. The minimum Gasteiger partial charge on any atom is -0.504 e. The van der Waals surface area contributed by atoms with Crippen LogP contribution in [0.2, 0.25) is 0 Å². The topological polar surface area (TPSA) is 134 Å². The second-order valence-electron chi connectivity index (χ2n) is 8.89. The molecule has 4 rings (SSSR count). The molecule has 0 saturated carbocycles. The Morgan fingerprint density at radius 3 is 2.44 bits per heavy atom. The summed E-state index contributed by atoms with van der Waals surface area (Å²) in [6, 6.07) is 16.8. The molecule has 1 unspecified atom stereocenters. The molecular weight excluding hydrogens is 503 g/mol. The normalized spacial score (nSPS) is 11.7. The van der Waals surface area contributed by atoms with Crippen molar-refractivity contribution in [1.82, 2.24) is 20.6 Å². The minimum absolute atomic E-state index is 0.0275. The van der Waals surface area contributed by atoms with Gasteiger partial charge >= 0.3 is 0 Å². The number of hydrogen-bond acceptors (Lipinski definition) is 7. The van der Waals surface area contributed by atoms with Gasteiger partial charge in [0.2, 0.25) is 0 Å². The Morgan fingerprint density at radius 1 is 1.00 bits per heavy atom. The lowest BCUT2D eigenvalue weighted by Gasteiger charge is -2.14. The number of benzene rings is 2. The van der Waals surface area contributed by atoms with Gasteiger partial charge in [0.25, 0.3) is 11.8 Å². The SMILES string of the molecule is CCC(O)CNC(=O)c1nc(C(=O)NCCOc2ccccc2)c2cc(Cc3ccc(F)cc3)cnc2c1O. The molecule has 0 radical (unpaired) electrons. The molecule has 0 aliphatic carbocycles. The van der Waals surface area contributed by atoms with Crippen molar-refractivity contribution in [3.8, 4) is 11.5 Å². The highest BCUT2D eigenvalue weighted by Gasteiger charge is 2.24. The number of para-hydroxylation sites is 1. The summed E-state index contributed by atoms with van der Waals surface area (Å²) in [6.45, 7) is 2.07. The number of amides is 2. The van der Waals surface area contributed by atoms with Crippen molar-refractivity contribution in [1.29, 1.82) is 0 Å². The molecule has 0 fully saturated rings. The highest BCUT2D eigenvalue weighted by Crippen LogP contribution is 2.29. The van der Waals surface area contributed by atoms with Crippen LogP contribution in [0.15, 0.2) is 66.9 Å². The highest BCUT2D eigenvalue weighted by atomic mass is 19.1. The molecular formula is C29H29FN4O5. The van der Waals surface area contributed by atoms with Crippen molar-refractivity contribution >= 4 is 22.7 Å².